The van der Waals surface area contributed by atoms with Gasteiger partial charge < -0.3 is 14.5 Å². The van der Waals surface area contributed by atoms with Gasteiger partial charge in [-0.1, -0.05) is 42.1 Å². The van der Waals surface area contributed by atoms with Gasteiger partial charge in [-0.05, 0) is 48.4 Å². The van der Waals surface area contributed by atoms with Crippen molar-refractivity contribution in [3.63, 3.8) is 0 Å². The number of para-hydroxylation sites is 1. The Balaban J connectivity index is 1.64. The lowest BCUT2D eigenvalue weighted by Gasteiger charge is -2.18. The van der Waals surface area contributed by atoms with Gasteiger partial charge in [0.05, 0.1) is 25.2 Å². The molecule has 1 saturated heterocycles. The van der Waals surface area contributed by atoms with E-state index >= 15 is 0 Å². The molecule has 3 aromatic rings. The number of benzene rings is 2. The number of hydrogen-bond acceptors (Lipinski definition) is 6. The highest BCUT2D eigenvalue weighted by atomic mass is 32.2. The standard InChI is InChI=1S/C25H21N3O4S/c1-31-19-11-9-17(10-12-19)14-22-24(30)28(18-6-3-2-4-7-18)25(33-22)21(15-26)23(29)27-16-20-8-5-13-32-20/h2-13,22H,14,16H2,1H3,(H,27,29)/b25-21-. The molecule has 33 heavy (non-hydrogen) atoms. The van der Waals surface area contributed by atoms with Crippen LogP contribution in [0.3, 0.4) is 0 Å². The summed E-state index contributed by atoms with van der Waals surface area (Å²) in [5, 5.41) is 12.4. The topological polar surface area (TPSA) is 95.6 Å². The van der Waals surface area contributed by atoms with Crippen LogP contribution in [0.1, 0.15) is 11.3 Å². The number of nitrogens with zero attached hydrogens (tertiary/aromatic N) is 2. The molecule has 1 fully saturated rings. The molecule has 1 aliphatic heterocycles. The number of rotatable bonds is 7. The molecule has 0 saturated carbocycles. The summed E-state index contributed by atoms with van der Waals surface area (Å²) in [5.74, 6) is 0.563. The SMILES string of the molecule is COc1ccc(CC2S/C(=C(/C#N)C(=O)NCc3ccco3)N(c3ccccc3)C2=O)cc1. The van der Waals surface area contributed by atoms with Crippen molar-refractivity contribution < 1.29 is 18.7 Å². The highest BCUT2D eigenvalue weighted by molar-refractivity contribution is 8.05. The lowest BCUT2D eigenvalue weighted by molar-refractivity contribution is -0.117. The van der Waals surface area contributed by atoms with Gasteiger partial charge in [0.15, 0.2) is 0 Å². The van der Waals surface area contributed by atoms with E-state index in [-0.39, 0.29) is 18.0 Å². The number of amides is 2. The summed E-state index contributed by atoms with van der Waals surface area (Å²) in [4.78, 5) is 27.8. The van der Waals surface area contributed by atoms with Crippen LogP contribution in [0.5, 0.6) is 5.75 Å². The number of thioether (sulfide) groups is 1. The van der Waals surface area contributed by atoms with Gasteiger partial charge in [-0.25, -0.2) is 0 Å². The first-order valence-corrected chi connectivity index (χ1v) is 11.1. The first kappa shape index (κ1) is 22.2. The van der Waals surface area contributed by atoms with E-state index in [2.05, 4.69) is 5.32 Å². The molecule has 8 heteroatoms. The molecular weight excluding hydrogens is 438 g/mol. The highest BCUT2D eigenvalue weighted by Gasteiger charge is 2.40. The Morgan fingerprint density at radius 2 is 1.91 bits per heavy atom. The van der Waals surface area contributed by atoms with Crippen molar-refractivity contribution in [2.75, 3.05) is 12.0 Å². The first-order chi connectivity index (χ1) is 16.1. The molecular formula is C25H21N3O4S. The van der Waals surface area contributed by atoms with Crippen LogP contribution in [-0.2, 0) is 22.6 Å². The Labute approximate surface area is 195 Å². The first-order valence-electron chi connectivity index (χ1n) is 10.2. The summed E-state index contributed by atoms with van der Waals surface area (Å²) in [6.07, 6.45) is 1.96. The lowest BCUT2D eigenvalue weighted by Crippen LogP contribution is -2.32. The smallest absolute Gasteiger partial charge is 0.265 e. The van der Waals surface area contributed by atoms with Crippen molar-refractivity contribution in [2.24, 2.45) is 0 Å². The molecule has 1 aliphatic rings. The number of carbonyl (C=O) groups excluding carboxylic acids is 2. The molecule has 0 aliphatic carbocycles. The summed E-state index contributed by atoms with van der Waals surface area (Å²) in [7, 11) is 1.60. The van der Waals surface area contributed by atoms with Crippen molar-refractivity contribution in [2.45, 2.75) is 18.2 Å². The number of furan rings is 1. The minimum Gasteiger partial charge on any atom is -0.497 e. The molecule has 7 nitrogen and oxygen atoms in total. The molecule has 1 N–H and O–H groups in total. The van der Waals surface area contributed by atoms with E-state index in [0.717, 1.165) is 11.3 Å². The second kappa shape index (κ2) is 10.1. The Morgan fingerprint density at radius 3 is 2.55 bits per heavy atom. The third-order valence-corrected chi connectivity index (χ3v) is 6.37. The van der Waals surface area contributed by atoms with Gasteiger partial charge in [0.2, 0.25) is 5.91 Å². The van der Waals surface area contributed by atoms with Crippen LogP contribution in [0, 0.1) is 11.3 Å². The van der Waals surface area contributed by atoms with Crippen LogP contribution in [0.25, 0.3) is 0 Å². The molecule has 2 heterocycles. The van der Waals surface area contributed by atoms with Crippen molar-refractivity contribution in [3.8, 4) is 11.8 Å². The lowest BCUT2D eigenvalue weighted by atomic mass is 10.1. The van der Waals surface area contributed by atoms with Gasteiger partial charge in [-0.2, -0.15) is 5.26 Å². The van der Waals surface area contributed by atoms with Crippen molar-refractivity contribution in [3.05, 3.63) is 94.9 Å². The summed E-state index contributed by atoms with van der Waals surface area (Å²) >= 11 is 1.23. The summed E-state index contributed by atoms with van der Waals surface area (Å²) < 4.78 is 10.4. The van der Waals surface area contributed by atoms with Gasteiger partial charge in [0.25, 0.3) is 5.91 Å². The van der Waals surface area contributed by atoms with Crippen molar-refractivity contribution in [1.82, 2.24) is 5.32 Å². The van der Waals surface area contributed by atoms with Crippen molar-refractivity contribution >= 4 is 29.3 Å². The maximum Gasteiger partial charge on any atom is 0.265 e. The number of nitrogens with one attached hydrogen (secondary N) is 1. The van der Waals surface area contributed by atoms with E-state index in [1.165, 1.54) is 22.9 Å². The van der Waals surface area contributed by atoms with Gasteiger partial charge in [0.1, 0.15) is 28.2 Å². The summed E-state index contributed by atoms with van der Waals surface area (Å²) in [6.45, 7) is 0.142. The highest BCUT2D eigenvalue weighted by Crippen LogP contribution is 2.41. The number of ether oxygens (including phenoxy) is 1. The molecule has 1 aromatic heterocycles. The van der Waals surface area contributed by atoms with Crippen LogP contribution in [-0.4, -0.2) is 24.2 Å². The average molecular weight is 460 g/mol. The number of methoxy groups -OCH3 is 1. The van der Waals surface area contributed by atoms with E-state index in [4.69, 9.17) is 9.15 Å². The average Bonchev–Trinajstić information content (AvgIpc) is 3.48. The molecule has 0 radical (unpaired) electrons. The van der Waals surface area contributed by atoms with Crippen LogP contribution >= 0.6 is 11.8 Å². The predicted octanol–water partition coefficient (Wildman–Crippen LogP) is 4.03. The maximum absolute atomic E-state index is 13.4. The molecule has 1 atom stereocenters. The fourth-order valence-electron chi connectivity index (χ4n) is 3.44. The second-order valence-corrected chi connectivity index (χ2v) is 8.41. The van der Waals surface area contributed by atoms with Crippen LogP contribution in [0.2, 0.25) is 0 Å². The van der Waals surface area contributed by atoms with E-state index < -0.39 is 11.2 Å². The van der Waals surface area contributed by atoms with Crippen LogP contribution < -0.4 is 15.0 Å². The third kappa shape index (κ3) is 4.94. The second-order valence-electron chi connectivity index (χ2n) is 7.22. The predicted molar refractivity (Wildman–Crippen MR) is 125 cm³/mol. The summed E-state index contributed by atoms with van der Waals surface area (Å²) in [5.41, 5.74) is 1.45. The summed E-state index contributed by atoms with van der Waals surface area (Å²) in [6, 6.07) is 22.0. The molecule has 0 bridgehead atoms. The van der Waals surface area contributed by atoms with Gasteiger partial charge in [-0.3, -0.25) is 14.5 Å². The number of hydrogen-bond donors (Lipinski definition) is 1. The van der Waals surface area contributed by atoms with Gasteiger partial charge in [-0.15, -0.1) is 0 Å². The van der Waals surface area contributed by atoms with Crippen LogP contribution in [0.4, 0.5) is 5.69 Å². The van der Waals surface area contributed by atoms with Gasteiger partial charge >= 0.3 is 0 Å². The Hall–Kier alpha value is -3.96. The molecule has 1 unspecified atom stereocenters. The molecule has 166 valence electrons. The Bertz CT molecular complexity index is 1200. The number of carbonyl (C=O) groups is 2. The number of anilines is 1. The number of nitriles is 1. The quantitative estimate of drug-likeness (QED) is 0.423. The molecule has 4 rings (SSSR count). The molecule has 2 amide bonds. The minimum absolute atomic E-state index is 0.110. The van der Waals surface area contributed by atoms with E-state index in [1.807, 2.05) is 48.5 Å². The fourth-order valence-corrected chi connectivity index (χ4v) is 4.75. The van der Waals surface area contributed by atoms with Crippen molar-refractivity contribution in [1.29, 1.82) is 5.26 Å². The maximum atomic E-state index is 13.4. The zero-order chi connectivity index (χ0) is 23.2. The minimum atomic E-state index is -0.560. The monoisotopic (exact) mass is 459 g/mol. The normalized spacial score (nSPS) is 16.9. The molecule has 0 spiro atoms. The van der Waals surface area contributed by atoms with E-state index in [9.17, 15) is 14.9 Å². The molecule has 2 aromatic carbocycles. The van der Waals surface area contributed by atoms with E-state index in [1.54, 1.807) is 31.4 Å². The fraction of sp³-hybridized carbons (Fsp3) is 0.160. The Kier molecular flexibility index (Phi) is 6.81. The zero-order valence-electron chi connectivity index (χ0n) is 17.9. The van der Waals surface area contributed by atoms with Crippen LogP contribution in [0.15, 0.2) is 88.0 Å². The largest absolute Gasteiger partial charge is 0.497 e. The zero-order valence-corrected chi connectivity index (χ0v) is 18.7. The Morgan fingerprint density at radius 1 is 1.15 bits per heavy atom. The van der Waals surface area contributed by atoms with E-state index in [0.29, 0.717) is 22.9 Å². The van der Waals surface area contributed by atoms with Gasteiger partial charge in [0, 0.05) is 5.69 Å². The third-order valence-electron chi connectivity index (χ3n) is 5.10.